The van der Waals surface area contributed by atoms with Gasteiger partial charge in [-0.3, -0.25) is 14.2 Å². The molecule has 0 unspecified atom stereocenters. The number of allylic oxidation sites excluding steroid dienone is 1. The van der Waals surface area contributed by atoms with E-state index in [1.807, 2.05) is 65.0 Å². The standard InChI is InChI=1S/C30H34BrN3O5S/c1-8-33(9-2)29(36)26-18(5)32-30-34(27(26)22-16-21(37-6)11-13-24(22)38-7)28(35)25(40-30)15-19-14-20(31)10-12-23(19)39-17(3)4/h10-17,27H,8-9H2,1-7H3/b25-15-/t27-/m1/s1. The molecule has 10 heteroatoms. The van der Waals surface area contributed by atoms with Crippen LogP contribution in [0.1, 0.15) is 51.8 Å². The maximum Gasteiger partial charge on any atom is 0.271 e. The lowest BCUT2D eigenvalue weighted by Gasteiger charge is -2.30. The van der Waals surface area contributed by atoms with Gasteiger partial charge in [-0.1, -0.05) is 27.3 Å². The molecule has 0 saturated carbocycles. The van der Waals surface area contributed by atoms with Crippen LogP contribution in [0.4, 0.5) is 0 Å². The molecule has 2 heterocycles. The molecule has 0 aliphatic carbocycles. The van der Waals surface area contributed by atoms with Crippen molar-refractivity contribution in [3.8, 4) is 17.2 Å². The molecule has 1 aliphatic rings. The number of aromatic nitrogens is 1. The molecule has 0 saturated heterocycles. The van der Waals surface area contributed by atoms with E-state index >= 15 is 0 Å². The Morgan fingerprint density at radius 1 is 1.12 bits per heavy atom. The number of ether oxygens (including phenoxy) is 3. The molecule has 0 fully saturated rings. The first kappa shape index (κ1) is 29.6. The minimum absolute atomic E-state index is 0.0358. The van der Waals surface area contributed by atoms with E-state index in [2.05, 4.69) is 15.9 Å². The summed E-state index contributed by atoms with van der Waals surface area (Å²) in [5.74, 6) is 1.63. The SMILES string of the molecule is CCN(CC)C(=O)C1=C(C)N=c2s/c(=C\c3cc(Br)ccc3OC(C)C)c(=O)n2[C@@H]1c1cc(OC)ccc1OC. The number of rotatable bonds is 9. The van der Waals surface area contributed by atoms with E-state index in [4.69, 9.17) is 19.2 Å². The Kier molecular flexibility index (Phi) is 9.20. The van der Waals surface area contributed by atoms with Crippen molar-refractivity contribution >= 4 is 39.2 Å². The lowest BCUT2D eigenvalue weighted by atomic mass is 9.93. The highest BCUT2D eigenvalue weighted by Gasteiger charge is 2.36. The number of hydrogen-bond acceptors (Lipinski definition) is 7. The maximum absolute atomic E-state index is 14.2. The van der Waals surface area contributed by atoms with E-state index < -0.39 is 6.04 Å². The number of likely N-dealkylation sites (N-methyl/N-ethyl adjacent to an activating group) is 1. The van der Waals surface area contributed by atoms with Gasteiger partial charge in [0.2, 0.25) is 0 Å². The molecule has 3 aromatic rings. The quantitative estimate of drug-likeness (QED) is 0.344. The lowest BCUT2D eigenvalue weighted by molar-refractivity contribution is -0.127. The van der Waals surface area contributed by atoms with E-state index in [1.54, 1.807) is 35.8 Å². The molecule has 0 bridgehead atoms. The average molecular weight is 629 g/mol. The first-order valence-corrected chi connectivity index (χ1v) is 14.7. The summed E-state index contributed by atoms with van der Waals surface area (Å²) in [7, 11) is 3.15. The van der Waals surface area contributed by atoms with Gasteiger partial charge in [-0.15, -0.1) is 0 Å². The number of amides is 1. The molecule has 40 heavy (non-hydrogen) atoms. The summed E-state index contributed by atoms with van der Waals surface area (Å²) in [6.07, 6.45) is 1.78. The Morgan fingerprint density at radius 3 is 2.45 bits per heavy atom. The van der Waals surface area contributed by atoms with Gasteiger partial charge < -0.3 is 19.1 Å². The summed E-state index contributed by atoms with van der Waals surface area (Å²) in [6.45, 7) is 10.7. The van der Waals surface area contributed by atoms with Crippen molar-refractivity contribution < 1.29 is 19.0 Å². The fourth-order valence-corrected chi connectivity index (χ4v) is 6.17. The summed E-state index contributed by atoms with van der Waals surface area (Å²) in [4.78, 5) is 35.1. The van der Waals surface area contributed by atoms with E-state index in [0.29, 0.717) is 56.5 Å². The monoisotopic (exact) mass is 627 g/mol. The van der Waals surface area contributed by atoms with Gasteiger partial charge >= 0.3 is 0 Å². The zero-order valence-corrected chi connectivity index (χ0v) is 26.2. The third kappa shape index (κ3) is 5.74. The first-order chi connectivity index (χ1) is 19.1. The largest absolute Gasteiger partial charge is 0.497 e. The smallest absolute Gasteiger partial charge is 0.271 e. The van der Waals surface area contributed by atoms with Gasteiger partial charge in [0.1, 0.15) is 23.3 Å². The second-order valence-electron chi connectivity index (χ2n) is 9.52. The normalized spacial score (nSPS) is 15.1. The van der Waals surface area contributed by atoms with Gasteiger partial charge in [-0.25, -0.2) is 4.99 Å². The molecule has 0 N–H and O–H groups in total. The van der Waals surface area contributed by atoms with Gasteiger partial charge in [-0.05, 0) is 77.1 Å². The van der Waals surface area contributed by atoms with Crippen molar-refractivity contribution in [1.82, 2.24) is 9.47 Å². The highest BCUT2D eigenvalue weighted by molar-refractivity contribution is 9.10. The van der Waals surface area contributed by atoms with Gasteiger partial charge in [0.05, 0.1) is 36.1 Å². The lowest BCUT2D eigenvalue weighted by Crippen LogP contribution is -2.43. The van der Waals surface area contributed by atoms with Crippen LogP contribution in [0.15, 0.2) is 61.9 Å². The highest BCUT2D eigenvalue weighted by Crippen LogP contribution is 2.38. The number of halogens is 1. The fourth-order valence-electron chi connectivity index (χ4n) is 4.76. The molecule has 4 rings (SSSR count). The molecule has 1 atom stereocenters. The van der Waals surface area contributed by atoms with Crippen LogP contribution in [0.2, 0.25) is 0 Å². The van der Waals surface area contributed by atoms with Gasteiger partial charge in [-0.2, -0.15) is 0 Å². The van der Waals surface area contributed by atoms with E-state index in [0.717, 1.165) is 10.0 Å². The van der Waals surface area contributed by atoms with Gasteiger partial charge in [0, 0.05) is 28.7 Å². The van der Waals surface area contributed by atoms with Crippen LogP contribution >= 0.6 is 27.3 Å². The zero-order chi connectivity index (χ0) is 29.1. The van der Waals surface area contributed by atoms with Gasteiger partial charge in [0.25, 0.3) is 11.5 Å². The molecule has 8 nitrogen and oxygen atoms in total. The van der Waals surface area contributed by atoms with Gasteiger partial charge in [0.15, 0.2) is 4.80 Å². The maximum atomic E-state index is 14.2. The molecule has 1 amide bonds. The minimum Gasteiger partial charge on any atom is -0.497 e. The number of hydrogen-bond donors (Lipinski definition) is 0. The van der Waals surface area contributed by atoms with Crippen LogP contribution in [0.5, 0.6) is 17.2 Å². The predicted molar refractivity (Wildman–Crippen MR) is 161 cm³/mol. The predicted octanol–water partition coefficient (Wildman–Crippen LogP) is 4.67. The molecule has 212 valence electrons. The summed E-state index contributed by atoms with van der Waals surface area (Å²) in [5.41, 5.74) is 2.14. The Labute approximate surface area is 246 Å². The molecule has 2 aromatic carbocycles. The molecule has 0 radical (unpaired) electrons. The molecule has 1 aliphatic heterocycles. The van der Waals surface area contributed by atoms with E-state index in [-0.39, 0.29) is 17.6 Å². The molecular weight excluding hydrogens is 594 g/mol. The fraction of sp³-hybridized carbons (Fsp3) is 0.367. The van der Waals surface area contributed by atoms with Crippen molar-refractivity contribution in [3.63, 3.8) is 0 Å². The number of fused-ring (bicyclic) bond motifs is 1. The second kappa shape index (κ2) is 12.4. The van der Waals surface area contributed by atoms with Crippen molar-refractivity contribution in [2.45, 2.75) is 46.8 Å². The zero-order valence-electron chi connectivity index (χ0n) is 23.8. The Hall–Kier alpha value is -3.37. The summed E-state index contributed by atoms with van der Waals surface area (Å²) < 4.78 is 20.2. The Balaban J connectivity index is 2.03. The van der Waals surface area contributed by atoms with Crippen LogP contribution in [-0.2, 0) is 4.79 Å². The Morgan fingerprint density at radius 2 is 1.82 bits per heavy atom. The minimum atomic E-state index is -0.759. The number of methoxy groups -OCH3 is 2. The summed E-state index contributed by atoms with van der Waals surface area (Å²) in [6, 6.07) is 10.3. The van der Waals surface area contributed by atoms with Crippen LogP contribution in [0.25, 0.3) is 6.08 Å². The second-order valence-corrected chi connectivity index (χ2v) is 11.4. The molecular formula is C30H34BrN3O5S. The number of nitrogens with zero attached hydrogens (tertiary/aromatic N) is 3. The number of thiazole rings is 1. The third-order valence-corrected chi connectivity index (χ3v) is 8.13. The van der Waals surface area contributed by atoms with Crippen molar-refractivity contribution in [3.05, 3.63) is 83.0 Å². The topological polar surface area (TPSA) is 82.4 Å². The summed E-state index contributed by atoms with van der Waals surface area (Å²) in [5, 5.41) is 0. The third-order valence-electron chi connectivity index (χ3n) is 6.66. The number of carbonyl (C=O) groups excluding carboxylic acids is 1. The van der Waals surface area contributed by atoms with E-state index in [1.165, 1.54) is 11.3 Å². The molecule has 1 aromatic heterocycles. The van der Waals surface area contributed by atoms with Crippen LogP contribution < -0.4 is 29.1 Å². The van der Waals surface area contributed by atoms with Crippen molar-refractivity contribution in [1.29, 1.82) is 0 Å². The number of benzene rings is 2. The summed E-state index contributed by atoms with van der Waals surface area (Å²) >= 11 is 4.81. The Bertz CT molecular complexity index is 1640. The van der Waals surface area contributed by atoms with Crippen molar-refractivity contribution in [2.75, 3.05) is 27.3 Å². The highest BCUT2D eigenvalue weighted by atomic mass is 79.9. The van der Waals surface area contributed by atoms with Crippen LogP contribution in [-0.4, -0.2) is 48.8 Å². The average Bonchev–Trinajstić information content (AvgIpc) is 3.23. The van der Waals surface area contributed by atoms with Crippen molar-refractivity contribution in [2.24, 2.45) is 4.99 Å². The van der Waals surface area contributed by atoms with Crippen LogP contribution in [0.3, 0.4) is 0 Å². The molecule has 0 spiro atoms. The van der Waals surface area contributed by atoms with E-state index in [9.17, 15) is 9.59 Å². The first-order valence-electron chi connectivity index (χ1n) is 13.1. The number of carbonyl (C=O) groups is 1. The van der Waals surface area contributed by atoms with Crippen LogP contribution in [0, 0.1) is 0 Å².